The zero-order valence-corrected chi connectivity index (χ0v) is 20.4. The van der Waals surface area contributed by atoms with Crippen molar-refractivity contribution in [1.29, 1.82) is 0 Å². The smallest absolute Gasteiger partial charge is 0.408 e. The van der Waals surface area contributed by atoms with Crippen molar-refractivity contribution in [2.24, 2.45) is 11.3 Å². The van der Waals surface area contributed by atoms with Gasteiger partial charge in [-0.1, -0.05) is 32.9 Å². The van der Waals surface area contributed by atoms with Gasteiger partial charge in [0, 0.05) is 12.1 Å². The van der Waals surface area contributed by atoms with E-state index in [-0.39, 0.29) is 23.3 Å². The lowest BCUT2D eigenvalue weighted by atomic mass is 9.79. The maximum atomic E-state index is 15.6. The van der Waals surface area contributed by atoms with Crippen molar-refractivity contribution in [3.8, 4) is 16.9 Å². The molecule has 4 aliphatic rings. The quantitative estimate of drug-likeness (QED) is 0.569. The van der Waals surface area contributed by atoms with Gasteiger partial charge in [0.05, 0.1) is 18.7 Å². The zero-order chi connectivity index (χ0) is 24.0. The van der Waals surface area contributed by atoms with Crippen LogP contribution in [0.3, 0.4) is 0 Å². The first-order chi connectivity index (χ1) is 16.3. The molecule has 6 rings (SSSR count). The number of carboxylic acid groups (broad SMARTS) is 1. The van der Waals surface area contributed by atoms with Crippen LogP contribution in [0.2, 0.25) is 0 Å². The molecule has 2 aromatic carbocycles. The average molecular weight is 467 g/mol. The number of benzene rings is 2. The second kappa shape index (κ2) is 8.88. The number of amides is 1. The normalized spacial score (nSPS) is 26.8. The minimum Gasteiger partial charge on any atom is -0.494 e. The van der Waals surface area contributed by atoms with Crippen LogP contribution in [-0.2, 0) is 6.42 Å². The van der Waals surface area contributed by atoms with Crippen molar-refractivity contribution < 1.29 is 19.0 Å². The van der Waals surface area contributed by atoms with Crippen LogP contribution in [0.1, 0.15) is 57.2 Å². The molecular formula is C28H35FN2O3. The van der Waals surface area contributed by atoms with Crippen LogP contribution >= 0.6 is 0 Å². The van der Waals surface area contributed by atoms with Crippen LogP contribution in [-0.4, -0.2) is 53.3 Å². The molecule has 1 N–H and O–H groups in total. The van der Waals surface area contributed by atoms with E-state index in [1.807, 2.05) is 30.3 Å². The molecular weight excluding hydrogens is 431 g/mol. The van der Waals surface area contributed by atoms with Crippen molar-refractivity contribution in [2.75, 3.05) is 26.2 Å². The molecule has 3 heterocycles. The Morgan fingerprint density at radius 1 is 1.24 bits per heavy atom. The second-order valence-corrected chi connectivity index (χ2v) is 10.9. The third-order valence-electron chi connectivity index (χ3n) is 8.01. The van der Waals surface area contributed by atoms with E-state index in [2.05, 4.69) is 25.7 Å². The third kappa shape index (κ3) is 4.06. The van der Waals surface area contributed by atoms with Gasteiger partial charge in [-0.05, 0) is 91.1 Å². The molecule has 2 aromatic rings. The molecule has 34 heavy (non-hydrogen) atoms. The minimum atomic E-state index is -0.894. The fraction of sp³-hybridized carbons (Fsp3) is 0.536. The lowest BCUT2D eigenvalue weighted by Gasteiger charge is -2.51. The van der Waals surface area contributed by atoms with E-state index in [1.54, 1.807) is 11.0 Å². The van der Waals surface area contributed by atoms with Gasteiger partial charge in [-0.2, -0.15) is 0 Å². The van der Waals surface area contributed by atoms with Gasteiger partial charge in [-0.15, -0.1) is 0 Å². The van der Waals surface area contributed by atoms with Crippen LogP contribution in [0.15, 0.2) is 36.4 Å². The van der Waals surface area contributed by atoms with Crippen LogP contribution in [0.5, 0.6) is 5.75 Å². The molecule has 3 aliphatic heterocycles. The lowest BCUT2D eigenvalue weighted by Crippen LogP contribution is -2.60. The van der Waals surface area contributed by atoms with Crippen LogP contribution < -0.4 is 4.74 Å². The average Bonchev–Trinajstić information content (AvgIpc) is 3.07. The largest absolute Gasteiger partial charge is 0.494 e. The summed E-state index contributed by atoms with van der Waals surface area (Å²) in [7, 11) is 0. The Kier molecular flexibility index (Phi) is 6.05. The molecule has 0 radical (unpaired) electrons. The van der Waals surface area contributed by atoms with Crippen molar-refractivity contribution in [1.82, 2.24) is 9.80 Å². The van der Waals surface area contributed by atoms with Gasteiger partial charge in [-0.25, -0.2) is 9.18 Å². The van der Waals surface area contributed by atoms with E-state index in [0.29, 0.717) is 18.1 Å². The summed E-state index contributed by atoms with van der Waals surface area (Å²) in [5, 5.41) is 10.4. The first kappa shape index (κ1) is 23.2. The summed E-state index contributed by atoms with van der Waals surface area (Å²) < 4.78 is 21.3. The molecule has 2 bridgehead atoms. The molecule has 0 saturated carbocycles. The summed E-state index contributed by atoms with van der Waals surface area (Å²) in [5.41, 5.74) is 2.87. The highest BCUT2D eigenvalue weighted by Gasteiger charge is 2.50. The predicted molar refractivity (Wildman–Crippen MR) is 131 cm³/mol. The maximum absolute atomic E-state index is 15.6. The highest BCUT2D eigenvalue weighted by atomic mass is 19.1. The zero-order valence-electron chi connectivity index (χ0n) is 20.4. The lowest BCUT2D eigenvalue weighted by molar-refractivity contribution is -0.0267. The standard InChI is InChI=1S/C28H35FN2O3/c1-4-12-34-21-7-5-6-19(13-21)22-14-20-16-28(2,3)26(23(20)15-24(22)29)31(27(32)33)25-17-30-10-8-18(25)9-11-30/h5-7,13-15,18,25-26H,4,8-12,16-17H2,1-3H3,(H,32,33)/t25-,26+/m1/s1. The number of halogens is 1. The summed E-state index contributed by atoms with van der Waals surface area (Å²) in [6.45, 7) is 9.80. The highest BCUT2D eigenvalue weighted by Crippen LogP contribution is 2.52. The Morgan fingerprint density at radius 3 is 2.65 bits per heavy atom. The number of nitrogens with zero attached hydrogens (tertiary/aromatic N) is 2. The van der Waals surface area contributed by atoms with Crippen LogP contribution in [0, 0.1) is 17.2 Å². The Hall–Kier alpha value is -2.60. The first-order valence-corrected chi connectivity index (χ1v) is 12.6. The fourth-order valence-corrected chi connectivity index (χ4v) is 6.46. The van der Waals surface area contributed by atoms with Crippen molar-refractivity contribution in [3.63, 3.8) is 0 Å². The van der Waals surface area contributed by atoms with Gasteiger partial charge in [-0.3, -0.25) is 4.90 Å². The number of ether oxygens (including phenoxy) is 1. The summed E-state index contributed by atoms with van der Waals surface area (Å²) >= 11 is 0. The van der Waals surface area contributed by atoms with Crippen LogP contribution in [0.4, 0.5) is 9.18 Å². The van der Waals surface area contributed by atoms with Crippen molar-refractivity contribution in [3.05, 3.63) is 53.3 Å². The highest BCUT2D eigenvalue weighted by molar-refractivity contribution is 5.70. The maximum Gasteiger partial charge on any atom is 0.408 e. The molecule has 2 atom stereocenters. The third-order valence-corrected chi connectivity index (χ3v) is 8.01. The molecule has 0 aromatic heterocycles. The number of piperidine rings is 3. The summed E-state index contributed by atoms with van der Waals surface area (Å²) in [6, 6.07) is 10.7. The van der Waals surface area contributed by atoms with Gasteiger partial charge < -0.3 is 14.7 Å². The van der Waals surface area contributed by atoms with E-state index in [9.17, 15) is 9.90 Å². The van der Waals surface area contributed by atoms with E-state index in [4.69, 9.17) is 4.74 Å². The number of carbonyl (C=O) groups is 1. The Labute approximate surface area is 201 Å². The minimum absolute atomic E-state index is 0.0367. The van der Waals surface area contributed by atoms with E-state index in [1.165, 1.54) is 0 Å². The second-order valence-electron chi connectivity index (χ2n) is 10.9. The molecule has 5 nitrogen and oxygen atoms in total. The molecule has 0 unspecified atom stereocenters. The number of hydrogen-bond donors (Lipinski definition) is 1. The van der Waals surface area contributed by atoms with Crippen LogP contribution in [0.25, 0.3) is 11.1 Å². The van der Waals surface area contributed by atoms with Gasteiger partial charge in [0.25, 0.3) is 0 Å². The van der Waals surface area contributed by atoms with E-state index >= 15 is 4.39 Å². The summed E-state index contributed by atoms with van der Waals surface area (Å²) in [4.78, 5) is 16.7. The Morgan fingerprint density at radius 2 is 2.00 bits per heavy atom. The Bertz CT molecular complexity index is 1080. The van der Waals surface area contributed by atoms with Crippen molar-refractivity contribution in [2.45, 2.75) is 58.5 Å². The number of rotatable bonds is 6. The van der Waals surface area contributed by atoms with Gasteiger partial charge in [0.2, 0.25) is 0 Å². The SMILES string of the molecule is CCCOc1cccc(-c2cc3c(cc2F)[C@H](N(C(=O)O)[C@@H]2CN4CCC2CC4)C(C)(C)C3)c1. The van der Waals surface area contributed by atoms with E-state index in [0.717, 1.165) is 67.8 Å². The van der Waals surface area contributed by atoms with Gasteiger partial charge in [0.15, 0.2) is 0 Å². The summed E-state index contributed by atoms with van der Waals surface area (Å²) in [5.74, 6) is 0.807. The fourth-order valence-electron chi connectivity index (χ4n) is 6.46. The molecule has 6 heteroatoms. The predicted octanol–water partition coefficient (Wildman–Crippen LogP) is 5.98. The molecule has 3 fully saturated rings. The molecule has 1 aliphatic carbocycles. The van der Waals surface area contributed by atoms with E-state index < -0.39 is 6.09 Å². The monoisotopic (exact) mass is 466 g/mol. The first-order valence-electron chi connectivity index (χ1n) is 12.6. The molecule has 182 valence electrons. The number of hydrogen-bond acceptors (Lipinski definition) is 3. The van der Waals surface area contributed by atoms with Crippen molar-refractivity contribution >= 4 is 6.09 Å². The molecule has 3 saturated heterocycles. The topological polar surface area (TPSA) is 53.0 Å². The number of fused-ring (bicyclic) bond motifs is 4. The molecule has 1 amide bonds. The summed E-state index contributed by atoms with van der Waals surface area (Å²) in [6.07, 6.45) is 2.82. The van der Waals surface area contributed by atoms with Gasteiger partial charge in [0.1, 0.15) is 11.6 Å². The molecule has 0 spiro atoms. The Balaban J connectivity index is 1.52. The van der Waals surface area contributed by atoms with Gasteiger partial charge >= 0.3 is 6.09 Å².